The highest BCUT2D eigenvalue weighted by molar-refractivity contribution is 5.90. The summed E-state index contributed by atoms with van der Waals surface area (Å²) in [4.78, 5) is 14.9. The summed E-state index contributed by atoms with van der Waals surface area (Å²) in [6.45, 7) is 5.62. The minimum atomic E-state index is 0.252. The molecular weight excluding hydrogens is 372 g/mol. The van der Waals surface area contributed by atoms with Crippen molar-refractivity contribution in [2.45, 2.75) is 38.5 Å². The summed E-state index contributed by atoms with van der Waals surface area (Å²) in [7, 11) is 0. The first-order valence-corrected chi connectivity index (χ1v) is 11.3. The summed E-state index contributed by atoms with van der Waals surface area (Å²) >= 11 is 0. The second-order valence-electron chi connectivity index (χ2n) is 8.21. The zero-order valence-electron chi connectivity index (χ0n) is 17.9. The van der Waals surface area contributed by atoms with Crippen molar-refractivity contribution in [1.29, 1.82) is 5.26 Å². The van der Waals surface area contributed by atoms with E-state index in [1.165, 1.54) is 10.8 Å². The number of carbonyl (C=O) groups is 1. The van der Waals surface area contributed by atoms with Crippen molar-refractivity contribution < 1.29 is 4.79 Å². The number of rotatable bonds is 11. The van der Waals surface area contributed by atoms with E-state index >= 15 is 0 Å². The van der Waals surface area contributed by atoms with Gasteiger partial charge < -0.3 is 15.5 Å². The van der Waals surface area contributed by atoms with Crippen molar-refractivity contribution in [3.63, 3.8) is 0 Å². The molecular formula is C25H34N4O. The molecule has 160 valence electrons. The van der Waals surface area contributed by atoms with E-state index in [0.29, 0.717) is 18.8 Å². The number of benzene rings is 2. The highest BCUT2D eigenvalue weighted by Crippen LogP contribution is 2.21. The van der Waals surface area contributed by atoms with Gasteiger partial charge in [0.2, 0.25) is 5.91 Å². The van der Waals surface area contributed by atoms with Crippen LogP contribution in [0.3, 0.4) is 0 Å². The number of amides is 1. The van der Waals surface area contributed by atoms with E-state index in [-0.39, 0.29) is 5.91 Å². The van der Waals surface area contributed by atoms with Gasteiger partial charge in [0, 0.05) is 26.1 Å². The van der Waals surface area contributed by atoms with E-state index < -0.39 is 0 Å². The molecule has 1 fully saturated rings. The molecule has 0 atom stereocenters. The molecule has 2 N–H and O–H groups in total. The normalized spacial score (nSPS) is 14.7. The second-order valence-corrected chi connectivity index (χ2v) is 8.21. The van der Waals surface area contributed by atoms with Crippen molar-refractivity contribution in [2.75, 3.05) is 39.3 Å². The molecule has 0 unspecified atom stereocenters. The lowest BCUT2D eigenvalue weighted by atomic mass is 9.95. The Morgan fingerprint density at radius 1 is 1.00 bits per heavy atom. The van der Waals surface area contributed by atoms with Gasteiger partial charge in [-0.1, -0.05) is 42.5 Å². The third-order valence-corrected chi connectivity index (χ3v) is 5.99. The standard InChI is InChI=1S/C25H34N4O/c26-13-6-16-27-14-3-4-15-28-20-21-11-17-29(18-12-21)25(30)19-23-9-5-8-22-7-1-2-10-24(22)23/h1-2,5,7-10,21,27-28H,3-4,6,11-12,14-20H2. The van der Waals surface area contributed by atoms with E-state index in [1.54, 1.807) is 0 Å². The van der Waals surface area contributed by atoms with E-state index in [1.807, 2.05) is 23.1 Å². The predicted octanol–water partition coefficient (Wildman–Crippen LogP) is 3.49. The second kappa shape index (κ2) is 12.3. The van der Waals surface area contributed by atoms with Crippen LogP contribution in [-0.2, 0) is 11.2 Å². The zero-order valence-corrected chi connectivity index (χ0v) is 17.9. The van der Waals surface area contributed by atoms with Gasteiger partial charge in [0.1, 0.15) is 0 Å². The molecule has 30 heavy (non-hydrogen) atoms. The lowest BCUT2D eigenvalue weighted by Crippen LogP contribution is -2.41. The van der Waals surface area contributed by atoms with Crippen LogP contribution < -0.4 is 10.6 Å². The Kier molecular flexibility index (Phi) is 9.14. The molecule has 3 rings (SSSR count). The van der Waals surface area contributed by atoms with E-state index in [0.717, 1.165) is 70.5 Å². The molecule has 5 heteroatoms. The number of likely N-dealkylation sites (tertiary alicyclic amines) is 1. The Bertz CT molecular complexity index is 831. The van der Waals surface area contributed by atoms with Crippen molar-refractivity contribution in [3.05, 3.63) is 48.0 Å². The first-order valence-electron chi connectivity index (χ1n) is 11.3. The molecule has 0 aromatic heterocycles. The van der Waals surface area contributed by atoms with E-state index in [9.17, 15) is 4.79 Å². The van der Waals surface area contributed by atoms with Crippen LogP contribution >= 0.6 is 0 Å². The van der Waals surface area contributed by atoms with Gasteiger partial charge in [-0.15, -0.1) is 0 Å². The first-order chi connectivity index (χ1) is 14.8. The Hall–Kier alpha value is -2.42. The van der Waals surface area contributed by atoms with E-state index in [4.69, 9.17) is 5.26 Å². The number of hydrogen-bond donors (Lipinski definition) is 2. The average Bonchev–Trinajstić information content (AvgIpc) is 2.78. The monoisotopic (exact) mass is 406 g/mol. The maximum Gasteiger partial charge on any atom is 0.227 e. The van der Waals surface area contributed by atoms with Crippen LogP contribution in [0.25, 0.3) is 10.8 Å². The number of fused-ring (bicyclic) bond motifs is 1. The Morgan fingerprint density at radius 3 is 2.53 bits per heavy atom. The molecule has 0 aliphatic carbocycles. The average molecular weight is 407 g/mol. The molecule has 0 spiro atoms. The van der Waals surface area contributed by atoms with Crippen LogP contribution in [-0.4, -0.2) is 50.1 Å². The fourth-order valence-corrected chi connectivity index (χ4v) is 4.18. The quantitative estimate of drug-likeness (QED) is 0.561. The minimum Gasteiger partial charge on any atom is -0.342 e. The van der Waals surface area contributed by atoms with Gasteiger partial charge in [-0.25, -0.2) is 0 Å². The van der Waals surface area contributed by atoms with Crippen molar-refractivity contribution in [3.8, 4) is 6.07 Å². The molecule has 1 heterocycles. The van der Waals surface area contributed by atoms with Crippen LogP contribution in [0.1, 0.15) is 37.7 Å². The van der Waals surface area contributed by atoms with Crippen molar-refractivity contribution >= 4 is 16.7 Å². The maximum absolute atomic E-state index is 12.8. The first kappa shape index (κ1) is 22.3. The Morgan fingerprint density at radius 2 is 1.73 bits per heavy atom. The summed E-state index contributed by atoms with van der Waals surface area (Å²) < 4.78 is 0. The van der Waals surface area contributed by atoms with Gasteiger partial charge in [0.05, 0.1) is 12.5 Å². The number of unbranched alkanes of at least 4 members (excludes halogenated alkanes) is 1. The van der Waals surface area contributed by atoms with Gasteiger partial charge in [0.15, 0.2) is 0 Å². The fraction of sp³-hybridized carbons (Fsp3) is 0.520. The van der Waals surface area contributed by atoms with Gasteiger partial charge in [-0.05, 0) is 67.6 Å². The number of piperidine rings is 1. The predicted molar refractivity (Wildman–Crippen MR) is 122 cm³/mol. The van der Waals surface area contributed by atoms with E-state index in [2.05, 4.69) is 41.0 Å². The molecule has 0 bridgehead atoms. The summed E-state index contributed by atoms with van der Waals surface area (Å²) in [6, 6.07) is 16.7. The topological polar surface area (TPSA) is 68.2 Å². The molecule has 0 radical (unpaired) electrons. The maximum atomic E-state index is 12.8. The lowest BCUT2D eigenvalue weighted by molar-refractivity contribution is -0.131. The molecule has 1 aliphatic rings. The molecule has 2 aromatic rings. The van der Waals surface area contributed by atoms with Gasteiger partial charge in [-0.3, -0.25) is 4.79 Å². The molecule has 1 amide bonds. The molecule has 1 aliphatic heterocycles. The highest BCUT2D eigenvalue weighted by Gasteiger charge is 2.22. The van der Waals surface area contributed by atoms with Gasteiger partial charge in [0.25, 0.3) is 0 Å². The molecule has 1 saturated heterocycles. The smallest absolute Gasteiger partial charge is 0.227 e. The van der Waals surface area contributed by atoms with Crippen LogP contribution in [0.2, 0.25) is 0 Å². The number of nitrogens with zero attached hydrogens (tertiary/aromatic N) is 2. The van der Waals surface area contributed by atoms with Crippen LogP contribution in [0.15, 0.2) is 42.5 Å². The summed E-state index contributed by atoms with van der Waals surface area (Å²) in [6.07, 6.45) is 5.55. The number of nitrogens with one attached hydrogen (secondary N) is 2. The number of hydrogen-bond acceptors (Lipinski definition) is 4. The number of nitriles is 1. The highest BCUT2D eigenvalue weighted by atomic mass is 16.2. The minimum absolute atomic E-state index is 0.252. The Balaban J connectivity index is 1.31. The Labute approximate surface area is 180 Å². The van der Waals surface area contributed by atoms with Crippen LogP contribution in [0.5, 0.6) is 0 Å². The van der Waals surface area contributed by atoms with Crippen LogP contribution in [0.4, 0.5) is 0 Å². The van der Waals surface area contributed by atoms with Crippen molar-refractivity contribution in [1.82, 2.24) is 15.5 Å². The van der Waals surface area contributed by atoms with Crippen molar-refractivity contribution in [2.24, 2.45) is 5.92 Å². The number of carbonyl (C=O) groups excluding carboxylic acids is 1. The SMILES string of the molecule is N#CCCNCCCCNCC1CCN(C(=O)Cc2cccc3ccccc23)CC1. The summed E-state index contributed by atoms with van der Waals surface area (Å²) in [5.41, 5.74) is 1.13. The molecule has 5 nitrogen and oxygen atoms in total. The zero-order chi connectivity index (χ0) is 21.0. The lowest BCUT2D eigenvalue weighted by Gasteiger charge is -2.32. The van der Waals surface area contributed by atoms with Gasteiger partial charge >= 0.3 is 0 Å². The fourth-order valence-electron chi connectivity index (χ4n) is 4.18. The molecule has 0 saturated carbocycles. The third-order valence-electron chi connectivity index (χ3n) is 5.99. The van der Waals surface area contributed by atoms with Gasteiger partial charge in [-0.2, -0.15) is 5.26 Å². The molecule has 2 aromatic carbocycles. The van der Waals surface area contributed by atoms with Crippen LogP contribution in [0, 0.1) is 17.2 Å². The largest absolute Gasteiger partial charge is 0.342 e. The third kappa shape index (κ3) is 6.83. The summed E-state index contributed by atoms with van der Waals surface area (Å²) in [5.74, 6) is 0.919. The summed E-state index contributed by atoms with van der Waals surface area (Å²) in [5, 5.41) is 17.7.